The second-order valence-corrected chi connectivity index (χ2v) is 10.5. The van der Waals surface area contributed by atoms with Gasteiger partial charge in [0.2, 0.25) is 0 Å². The number of Topliss-reactive ketones (excluding diaryl/α,β-unsaturated/α-hetero) is 1. The number of ether oxygens (including phenoxy) is 3. The lowest BCUT2D eigenvalue weighted by molar-refractivity contribution is -0.132. The van der Waals surface area contributed by atoms with Crippen LogP contribution in [-0.4, -0.2) is 46.6 Å². The molecule has 2 N–H and O–H groups in total. The van der Waals surface area contributed by atoms with E-state index in [0.717, 1.165) is 21.8 Å². The van der Waals surface area contributed by atoms with Gasteiger partial charge in [0, 0.05) is 5.56 Å². The molecule has 4 aromatic rings. The van der Waals surface area contributed by atoms with Crippen LogP contribution in [0, 0.1) is 6.92 Å². The maximum absolute atomic E-state index is 13.5. The van der Waals surface area contributed by atoms with Gasteiger partial charge in [0.25, 0.3) is 5.78 Å². The van der Waals surface area contributed by atoms with Gasteiger partial charge in [0.05, 0.1) is 31.0 Å². The second-order valence-electron chi connectivity index (χ2n) is 9.53. The van der Waals surface area contributed by atoms with E-state index in [1.165, 1.54) is 25.3 Å². The zero-order valence-corrected chi connectivity index (χ0v) is 24.4. The number of benzene rings is 3. The predicted octanol–water partition coefficient (Wildman–Crippen LogP) is 5.55. The number of hydrogen-bond acceptors (Lipinski definition) is 10. The number of aromatic nitrogens is 1. The lowest BCUT2D eigenvalue weighted by Crippen LogP contribution is -2.29. The van der Waals surface area contributed by atoms with E-state index in [1.807, 2.05) is 30.3 Å². The third kappa shape index (κ3) is 5.80. The Morgan fingerprint density at radius 3 is 2.44 bits per heavy atom. The molecule has 1 aliphatic heterocycles. The number of hydrogen-bond donors (Lipinski definition) is 2. The number of rotatable bonds is 9. The lowest BCUT2D eigenvalue weighted by Gasteiger charge is -2.23. The van der Waals surface area contributed by atoms with E-state index in [0.29, 0.717) is 23.6 Å². The molecule has 1 amide bonds. The Bertz CT molecular complexity index is 1710. The quantitative estimate of drug-likeness (QED) is 0.110. The average Bonchev–Trinajstić information content (AvgIpc) is 3.53. The minimum absolute atomic E-state index is 0.0726. The first-order valence-electron chi connectivity index (χ1n) is 13.3. The van der Waals surface area contributed by atoms with Gasteiger partial charge in [-0.3, -0.25) is 14.5 Å². The molecule has 0 spiro atoms. The van der Waals surface area contributed by atoms with Gasteiger partial charge < -0.3 is 24.4 Å². The Hall–Kier alpha value is -5.16. The third-order valence-electron chi connectivity index (χ3n) is 6.79. The van der Waals surface area contributed by atoms with E-state index in [9.17, 15) is 24.6 Å². The van der Waals surface area contributed by atoms with Gasteiger partial charge in [-0.1, -0.05) is 47.7 Å². The van der Waals surface area contributed by atoms with Gasteiger partial charge in [-0.05, 0) is 61.4 Å². The first kappa shape index (κ1) is 29.3. The molecule has 1 atom stereocenters. The van der Waals surface area contributed by atoms with Gasteiger partial charge in [0.15, 0.2) is 16.6 Å². The van der Waals surface area contributed by atoms with Crippen molar-refractivity contribution in [1.29, 1.82) is 0 Å². The molecule has 0 saturated carbocycles. The number of thiazole rings is 1. The number of nitrogens with zero attached hydrogens (tertiary/aromatic N) is 2. The highest BCUT2D eigenvalue weighted by molar-refractivity contribution is 7.17. The monoisotopic (exact) mass is 600 g/mol. The number of esters is 1. The fourth-order valence-corrected chi connectivity index (χ4v) is 5.67. The standard InChI is InChI=1S/C32H28N2O8S/c1-4-41-31(39)29-18(2)33-32(43-29)34-26(21-12-15-23(35)24(16-21)40-3)25(28(37)30(34)38)27(36)20-10-13-22(14-11-20)42-17-19-8-6-5-7-9-19/h5-16,26,35-36H,4,17H2,1-3H3/b27-25+. The Labute approximate surface area is 251 Å². The topological polar surface area (TPSA) is 135 Å². The van der Waals surface area contributed by atoms with E-state index < -0.39 is 29.5 Å². The molecule has 5 rings (SSSR count). The molecule has 1 saturated heterocycles. The summed E-state index contributed by atoms with van der Waals surface area (Å²) in [6.07, 6.45) is 0. The van der Waals surface area contributed by atoms with Crippen LogP contribution in [0.4, 0.5) is 5.13 Å². The molecule has 3 aromatic carbocycles. The van der Waals surface area contributed by atoms with Gasteiger partial charge in [-0.2, -0.15) is 0 Å². The molecule has 1 aromatic heterocycles. The number of phenols is 1. The summed E-state index contributed by atoms with van der Waals surface area (Å²) in [7, 11) is 1.37. The minimum atomic E-state index is -1.15. The Morgan fingerprint density at radius 1 is 1.05 bits per heavy atom. The smallest absolute Gasteiger partial charge is 0.350 e. The summed E-state index contributed by atoms with van der Waals surface area (Å²) in [5.74, 6) is -2.39. The Morgan fingerprint density at radius 2 is 1.77 bits per heavy atom. The molecular formula is C32H28N2O8S. The first-order chi connectivity index (χ1) is 20.7. The number of ketones is 1. The molecule has 10 nitrogen and oxygen atoms in total. The third-order valence-corrected chi connectivity index (χ3v) is 7.93. The van der Waals surface area contributed by atoms with Crippen LogP contribution in [-0.2, 0) is 20.9 Å². The zero-order valence-electron chi connectivity index (χ0n) is 23.6. The van der Waals surface area contributed by atoms with Crippen LogP contribution in [0.3, 0.4) is 0 Å². The SMILES string of the molecule is CCOC(=O)c1sc(N2C(=O)C(=O)/C(=C(/O)c3ccc(OCc4ccccc4)cc3)C2c2ccc(O)c(OC)c2)nc1C. The molecular weight excluding hydrogens is 572 g/mol. The van der Waals surface area contributed by atoms with Gasteiger partial charge >= 0.3 is 11.9 Å². The molecule has 0 radical (unpaired) electrons. The van der Waals surface area contributed by atoms with Crippen LogP contribution in [0.1, 0.15) is 45.0 Å². The van der Waals surface area contributed by atoms with Crippen LogP contribution < -0.4 is 14.4 Å². The number of aliphatic hydroxyl groups excluding tert-OH is 1. The van der Waals surface area contributed by atoms with Gasteiger partial charge in [-0.15, -0.1) is 0 Å². The Kier molecular flexibility index (Phi) is 8.44. The molecule has 11 heteroatoms. The van der Waals surface area contributed by atoms with E-state index in [2.05, 4.69) is 4.98 Å². The van der Waals surface area contributed by atoms with Crippen LogP contribution >= 0.6 is 11.3 Å². The summed E-state index contributed by atoms with van der Waals surface area (Å²) in [6, 6.07) is 19.3. The lowest BCUT2D eigenvalue weighted by atomic mass is 9.95. The molecule has 2 heterocycles. The summed E-state index contributed by atoms with van der Waals surface area (Å²) < 4.78 is 16.2. The summed E-state index contributed by atoms with van der Waals surface area (Å²) in [6.45, 7) is 3.77. The maximum Gasteiger partial charge on any atom is 0.350 e. The number of carbonyl (C=O) groups is 3. The van der Waals surface area contributed by atoms with Crippen molar-refractivity contribution in [2.24, 2.45) is 0 Å². The van der Waals surface area contributed by atoms with Crippen molar-refractivity contribution in [3.05, 3.63) is 106 Å². The Balaban J connectivity index is 1.57. The van der Waals surface area contributed by atoms with Gasteiger partial charge in [0.1, 0.15) is 23.0 Å². The van der Waals surface area contributed by atoms with E-state index in [4.69, 9.17) is 14.2 Å². The number of carbonyl (C=O) groups excluding carboxylic acids is 3. The number of methoxy groups -OCH3 is 1. The van der Waals surface area contributed by atoms with Crippen molar-refractivity contribution in [1.82, 2.24) is 4.98 Å². The minimum Gasteiger partial charge on any atom is -0.507 e. The highest BCUT2D eigenvalue weighted by atomic mass is 32.1. The van der Waals surface area contributed by atoms with E-state index >= 15 is 0 Å². The summed E-state index contributed by atoms with van der Waals surface area (Å²) >= 11 is 0.903. The zero-order chi connectivity index (χ0) is 30.7. The number of amides is 1. The predicted molar refractivity (Wildman–Crippen MR) is 159 cm³/mol. The summed E-state index contributed by atoms with van der Waals surface area (Å²) in [5.41, 5.74) is 1.77. The van der Waals surface area contributed by atoms with Gasteiger partial charge in [-0.25, -0.2) is 9.78 Å². The highest BCUT2D eigenvalue weighted by Gasteiger charge is 2.48. The van der Waals surface area contributed by atoms with Crippen molar-refractivity contribution in [2.75, 3.05) is 18.6 Å². The van der Waals surface area contributed by atoms with Crippen molar-refractivity contribution >= 4 is 39.9 Å². The molecule has 220 valence electrons. The second kappa shape index (κ2) is 12.4. The molecule has 1 aliphatic rings. The van der Waals surface area contributed by atoms with Crippen molar-refractivity contribution in [2.45, 2.75) is 26.5 Å². The van der Waals surface area contributed by atoms with Crippen LogP contribution in [0.2, 0.25) is 0 Å². The number of aryl methyl sites for hydroxylation is 1. The van der Waals surface area contributed by atoms with Crippen LogP contribution in [0.25, 0.3) is 5.76 Å². The summed E-state index contributed by atoms with van der Waals surface area (Å²) in [4.78, 5) is 45.3. The van der Waals surface area contributed by atoms with Crippen molar-refractivity contribution < 1.29 is 38.8 Å². The number of aliphatic hydroxyl groups is 1. The van der Waals surface area contributed by atoms with E-state index in [-0.39, 0.29) is 39.3 Å². The fourth-order valence-electron chi connectivity index (χ4n) is 4.69. The maximum atomic E-state index is 13.5. The molecule has 1 fully saturated rings. The van der Waals surface area contributed by atoms with Crippen molar-refractivity contribution in [3.8, 4) is 17.2 Å². The fraction of sp³-hybridized carbons (Fsp3) is 0.188. The summed E-state index contributed by atoms with van der Waals surface area (Å²) in [5, 5.41) is 21.7. The number of aromatic hydroxyl groups is 1. The normalized spacial score (nSPS) is 15.9. The van der Waals surface area contributed by atoms with Crippen LogP contribution in [0.15, 0.2) is 78.4 Å². The average molecular weight is 601 g/mol. The van der Waals surface area contributed by atoms with Crippen molar-refractivity contribution in [3.63, 3.8) is 0 Å². The van der Waals surface area contributed by atoms with Crippen LogP contribution in [0.5, 0.6) is 17.2 Å². The highest BCUT2D eigenvalue weighted by Crippen LogP contribution is 2.45. The molecule has 0 bridgehead atoms. The largest absolute Gasteiger partial charge is 0.507 e. The molecule has 43 heavy (non-hydrogen) atoms. The first-order valence-corrected chi connectivity index (χ1v) is 14.1. The number of phenolic OH excluding ortho intramolecular Hbond substituents is 1. The molecule has 0 aliphatic carbocycles. The van der Waals surface area contributed by atoms with E-state index in [1.54, 1.807) is 38.1 Å². The molecule has 1 unspecified atom stereocenters. The number of anilines is 1.